The lowest BCUT2D eigenvalue weighted by atomic mass is 10.2. The van der Waals surface area contributed by atoms with Gasteiger partial charge >= 0.3 is 0 Å². The molecular weight excluding hydrogens is 454 g/mol. The van der Waals surface area contributed by atoms with Crippen LogP contribution in [0.15, 0.2) is 53.4 Å². The van der Waals surface area contributed by atoms with Gasteiger partial charge in [-0.05, 0) is 55.8 Å². The lowest BCUT2D eigenvalue weighted by Gasteiger charge is -2.13. The minimum Gasteiger partial charge on any atom is -0.495 e. The highest BCUT2D eigenvalue weighted by Crippen LogP contribution is 2.25. The largest absolute Gasteiger partial charge is 0.495 e. The number of aromatic nitrogens is 2. The Hall–Kier alpha value is -3.21. The molecule has 0 aliphatic carbocycles. The van der Waals surface area contributed by atoms with E-state index >= 15 is 0 Å². The third-order valence-electron chi connectivity index (χ3n) is 4.37. The van der Waals surface area contributed by atoms with Crippen LogP contribution in [0.1, 0.15) is 27.3 Å². The van der Waals surface area contributed by atoms with E-state index in [4.69, 9.17) is 16.3 Å². The SMILES string of the molecule is COc1ccc(C(=O)NNc2nc(C)cc(C)n2)cc1S(=O)(=O)NCc1ccc(Cl)cc1. The van der Waals surface area contributed by atoms with Crippen LogP contribution in [0.5, 0.6) is 5.75 Å². The second-order valence-electron chi connectivity index (χ2n) is 6.87. The molecule has 0 unspecified atom stereocenters. The van der Waals surface area contributed by atoms with Crippen LogP contribution in [0, 0.1) is 13.8 Å². The highest BCUT2D eigenvalue weighted by Gasteiger charge is 2.22. The molecule has 0 aliphatic heterocycles. The van der Waals surface area contributed by atoms with Crippen molar-refractivity contribution in [3.8, 4) is 5.75 Å². The lowest BCUT2D eigenvalue weighted by molar-refractivity contribution is 0.0962. The van der Waals surface area contributed by atoms with Crippen molar-refractivity contribution in [2.45, 2.75) is 25.3 Å². The molecule has 0 fully saturated rings. The van der Waals surface area contributed by atoms with Crippen molar-refractivity contribution in [3.63, 3.8) is 0 Å². The van der Waals surface area contributed by atoms with Gasteiger partial charge in [-0.3, -0.25) is 15.6 Å². The van der Waals surface area contributed by atoms with Gasteiger partial charge in [0.05, 0.1) is 7.11 Å². The van der Waals surface area contributed by atoms with E-state index in [0.717, 1.165) is 17.0 Å². The molecular formula is C21H22ClN5O4S. The van der Waals surface area contributed by atoms with Crippen molar-refractivity contribution in [1.29, 1.82) is 0 Å². The molecule has 0 bridgehead atoms. The number of nitrogens with zero attached hydrogens (tertiary/aromatic N) is 2. The first-order valence-corrected chi connectivity index (χ1v) is 11.3. The number of ether oxygens (including phenoxy) is 1. The summed E-state index contributed by atoms with van der Waals surface area (Å²) in [7, 11) is -2.63. The molecule has 3 N–H and O–H groups in total. The Bertz CT molecular complexity index is 1210. The number of nitrogens with one attached hydrogen (secondary N) is 3. The van der Waals surface area contributed by atoms with E-state index in [9.17, 15) is 13.2 Å². The fourth-order valence-electron chi connectivity index (χ4n) is 2.85. The normalized spacial score (nSPS) is 11.1. The minimum absolute atomic E-state index is 0.0463. The Morgan fingerprint density at radius 3 is 2.31 bits per heavy atom. The molecule has 32 heavy (non-hydrogen) atoms. The maximum atomic E-state index is 12.9. The fourth-order valence-corrected chi connectivity index (χ4v) is 4.19. The molecule has 168 valence electrons. The molecule has 3 rings (SSSR count). The highest BCUT2D eigenvalue weighted by atomic mass is 35.5. The maximum absolute atomic E-state index is 12.9. The van der Waals surface area contributed by atoms with Crippen molar-refractivity contribution >= 4 is 33.5 Å². The molecule has 9 nitrogen and oxygen atoms in total. The first kappa shape index (κ1) is 23.5. The molecule has 1 aromatic heterocycles. The second-order valence-corrected chi connectivity index (χ2v) is 9.04. The summed E-state index contributed by atoms with van der Waals surface area (Å²) in [6.45, 7) is 3.66. The van der Waals surface area contributed by atoms with Crippen LogP contribution < -0.4 is 20.3 Å². The minimum atomic E-state index is -3.98. The van der Waals surface area contributed by atoms with E-state index < -0.39 is 15.9 Å². The molecule has 0 saturated carbocycles. The van der Waals surface area contributed by atoms with E-state index in [1.807, 2.05) is 0 Å². The number of benzene rings is 2. The first-order valence-electron chi connectivity index (χ1n) is 9.49. The number of anilines is 1. The number of amides is 1. The number of hydrazine groups is 1. The predicted molar refractivity (Wildman–Crippen MR) is 121 cm³/mol. The Labute approximate surface area is 191 Å². The smallest absolute Gasteiger partial charge is 0.269 e. The number of halogens is 1. The van der Waals surface area contributed by atoms with Crippen LogP contribution in [-0.2, 0) is 16.6 Å². The number of hydrogen-bond donors (Lipinski definition) is 3. The summed E-state index contributed by atoms with van der Waals surface area (Å²) in [6.07, 6.45) is 0. The van der Waals surface area contributed by atoms with Crippen molar-refractivity contribution in [1.82, 2.24) is 20.1 Å². The molecule has 11 heteroatoms. The zero-order valence-electron chi connectivity index (χ0n) is 17.6. The van der Waals surface area contributed by atoms with Gasteiger partial charge in [0.15, 0.2) is 0 Å². The molecule has 0 aliphatic rings. The Kier molecular flexibility index (Phi) is 7.29. The fraction of sp³-hybridized carbons (Fsp3) is 0.190. The third-order valence-corrected chi connectivity index (χ3v) is 6.04. The maximum Gasteiger partial charge on any atom is 0.269 e. The van der Waals surface area contributed by atoms with Gasteiger partial charge in [0.25, 0.3) is 5.91 Å². The van der Waals surface area contributed by atoms with Crippen LogP contribution in [-0.4, -0.2) is 31.4 Å². The van der Waals surface area contributed by atoms with Gasteiger partial charge in [-0.25, -0.2) is 23.1 Å². The van der Waals surface area contributed by atoms with Gasteiger partial charge < -0.3 is 4.74 Å². The lowest BCUT2D eigenvalue weighted by Crippen LogP contribution is -2.31. The van der Waals surface area contributed by atoms with E-state index in [1.165, 1.54) is 25.3 Å². The van der Waals surface area contributed by atoms with Gasteiger partial charge in [-0.1, -0.05) is 23.7 Å². The van der Waals surface area contributed by atoms with Crippen LogP contribution in [0.25, 0.3) is 0 Å². The average Bonchev–Trinajstić information content (AvgIpc) is 2.76. The van der Waals surface area contributed by atoms with Crippen molar-refractivity contribution in [2.75, 3.05) is 12.5 Å². The molecule has 0 atom stereocenters. The summed E-state index contributed by atoms with van der Waals surface area (Å²) in [5.74, 6) is -0.234. The third kappa shape index (κ3) is 5.94. The zero-order valence-corrected chi connectivity index (χ0v) is 19.2. The Balaban J connectivity index is 1.77. The first-order chi connectivity index (χ1) is 15.2. The summed E-state index contributed by atoms with van der Waals surface area (Å²) in [6, 6.07) is 12.7. The van der Waals surface area contributed by atoms with E-state index in [1.54, 1.807) is 44.2 Å². The number of rotatable bonds is 8. The van der Waals surface area contributed by atoms with Gasteiger partial charge in [-0.15, -0.1) is 0 Å². The number of methoxy groups -OCH3 is 1. The summed E-state index contributed by atoms with van der Waals surface area (Å²) in [5, 5.41) is 0.553. The average molecular weight is 476 g/mol. The van der Waals surface area contributed by atoms with Gasteiger partial charge in [0, 0.05) is 28.5 Å². The van der Waals surface area contributed by atoms with Crippen LogP contribution in [0.4, 0.5) is 5.95 Å². The number of aryl methyl sites for hydroxylation is 2. The zero-order chi connectivity index (χ0) is 23.3. The van der Waals surface area contributed by atoms with E-state index in [2.05, 4.69) is 25.5 Å². The monoisotopic (exact) mass is 475 g/mol. The quantitative estimate of drug-likeness (QED) is 0.428. The van der Waals surface area contributed by atoms with Gasteiger partial charge in [0.2, 0.25) is 16.0 Å². The molecule has 0 spiro atoms. The number of carbonyl (C=O) groups excluding carboxylic acids is 1. The summed E-state index contributed by atoms with van der Waals surface area (Å²) >= 11 is 5.86. The molecule has 3 aromatic rings. The van der Waals surface area contributed by atoms with Crippen LogP contribution in [0.2, 0.25) is 5.02 Å². The molecule has 1 amide bonds. The van der Waals surface area contributed by atoms with E-state index in [-0.39, 0.29) is 28.7 Å². The number of carbonyl (C=O) groups is 1. The molecule has 0 saturated heterocycles. The summed E-state index contributed by atoms with van der Waals surface area (Å²) < 4.78 is 33.5. The molecule has 0 radical (unpaired) electrons. The summed E-state index contributed by atoms with van der Waals surface area (Å²) in [4.78, 5) is 20.8. The molecule has 1 heterocycles. The topological polar surface area (TPSA) is 122 Å². The standard InChI is InChI=1S/C21H22ClN5O4S/c1-13-10-14(2)25-21(24-13)27-26-20(28)16-6-9-18(31-3)19(11-16)32(29,30)23-12-15-4-7-17(22)8-5-15/h4-11,23H,12H2,1-3H3,(H,26,28)(H,24,25,27). The van der Waals surface area contributed by atoms with Crippen LogP contribution >= 0.6 is 11.6 Å². The van der Waals surface area contributed by atoms with Crippen molar-refractivity contribution in [2.24, 2.45) is 0 Å². The summed E-state index contributed by atoms with van der Waals surface area (Å²) in [5.41, 5.74) is 7.40. The number of hydrogen-bond acceptors (Lipinski definition) is 7. The molecule has 2 aromatic carbocycles. The van der Waals surface area contributed by atoms with Crippen molar-refractivity contribution in [3.05, 3.63) is 76.1 Å². The van der Waals surface area contributed by atoms with E-state index in [0.29, 0.717) is 5.02 Å². The van der Waals surface area contributed by atoms with Gasteiger partial charge in [0.1, 0.15) is 10.6 Å². The number of sulfonamides is 1. The predicted octanol–water partition coefficient (Wildman–Crippen LogP) is 2.99. The van der Waals surface area contributed by atoms with Crippen LogP contribution in [0.3, 0.4) is 0 Å². The highest BCUT2D eigenvalue weighted by molar-refractivity contribution is 7.89. The second kappa shape index (κ2) is 9.94. The Morgan fingerprint density at radius 1 is 1.03 bits per heavy atom. The Morgan fingerprint density at radius 2 is 1.69 bits per heavy atom. The van der Waals surface area contributed by atoms with Crippen molar-refractivity contribution < 1.29 is 17.9 Å². The van der Waals surface area contributed by atoms with Gasteiger partial charge in [-0.2, -0.15) is 0 Å².